The van der Waals surface area contributed by atoms with E-state index in [9.17, 15) is 4.79 Å². The van der Waals surface area contributed by atoms with E-state index in [-0.39, 0.29) is 11.8 Å². The van der Waals surface area contributed by atoms with Gasteiger partial charge in [-0.05, 0) is 37.5 Å². The van der Waals surface area contributed by atoms with E-state index < -0.39 is 0 Å². The molecule has 1 aromatic carbocycles. The zero-order chi connectivity index (χ0) is 16.2. The van der Waals surface area contributed by atoms with E-state index in [2.05, 4.69) is 20.5 Å². The summed E-state index contributed by atoms with van der Waals surface area (Å²) in [5, 5.41) is 10.2. The molecular formula is C17H22N4O2. The van der Waals surface area contributed by atoms with E-state index in [4.69, 9.17) is 4.74 Å². The first-order valence-corrected chi connectivity index (χ1v) is 8.08. The van der Waals surface area contributed by atoms with Gasteiger partial charge < -0.3 is 10.1 Å². The lowest BCUT2D eigenvalue weighted by Crippen LogP contribution is -2.23. The van der Waals surface area contributed by atoms with E-state index in [1.807, 2.05) is 32.0 Å². The average molecular weight is 314 g/mol. The van der Waals surface area contributed by atoms with Crippen LogP contribution in [0.5, 0.6) is 0 Å². The van der Waals surface area contributed by atoms with Crippen LogP contribution in [0, 0.1) is 6.92 Å². The van der Waals surface area contributed by atoms with Gasteiger partial charge in [-0.15, -0.1) is 0 Å². The summed E-state index contributed by atoms with van der Waals surface area (Å²) in [6.45, 7) is 6.16. The van der Waals surface area contributed by atoms with Gasteiger partial charge in [0.1, 0.15) is 5.82 Å². The molecule has 23 heavy (non-hydrogen) atoms. The van der Waals surface area contributed by atoms with Crippen molar-refractivity contribution < 1.29 is 9.53 Å². The zero-order valence-corrected chi connectivity index (χ0v) is 13.6. The molecule has 0 radical (unpaired) electrons. The van der Waals surface area contributed by atoms with E-state index in [0.717, 1.165) is 36.4 Å². The molecular weight excluding hydrogens is 292 g/mol. The predicted molar refractivity (Wildman–Crippen MR) is 87.4 cm³/mol. The second kappa shape index (κ2) is 6.91. The van der Waals surface area contributed by atoms with Gasteiger partial charge in [-0.2, -0.15) is 5.10 Å². The maximum atomic E-state index is 12.1. The summed E-state index contributed by atoms with van der Waals surface area (Å²) in [6.07, 6.45) is 1.88. The molecule has 0 saturated carbocycles. The number of carbonyl (C=O) groups is 1. The molecule has 0 bridgehead atoms. The minimum Gasteiger partial charge on any atom is -0.381 e. The standard InChI is InChI=1S/C17H22N4O2/c1-3-7-18-17(22)12-5-4-11(2)14(9-12)16-19-15(20-21-16)13-6-8-23-10-13/h4-5,9,13H,3,6-8,10H2,1-2H3,(H,18,22)(H,19,20,21). The minimum atomic E-state index is -0.0620. The summed E-state index contributed by atoms with van der Waals surface area (Å²) in [4.78, 5) is 16.7. The van der Waals surface area contributed by atoms with Gasteiger partial charge in [0.15, 0.2) is 5.82 Å². The number of aromatic amines is 1. The maximum Gasteiger partial charge on any atom is 0.251 e. The first kappa shape index (κ1) is 15.7. The molecule has 2 N–H and O–H groups in total. The first-order chi connectivity index (χ1) is 11.2. The molecule has 1 aliphatic heterocycles. The number of H-pyrrole nitrogens is 1. The molecule has 6 heteroatoms. The van der Waals surface area contributed by atoms with Crippen molar-refractivity contribution in [3.05, 3.63) is 35.2 Å². The van der Waals surface area contributed by atoms with Crippen molar-refractivity contribution in [3.8, 4) is 11.4 Å². The van der Waals surface area contributed by atoms with Crippen LogP contribution in [-0.2, 0) is 4.74 Å². The van der Waals surface area contributed by atoms with Crippen LogP contribution in [0.2, 0.25) is 0 Å². The van der Waals surface area contributed by atoms with Crippen molar-refractivity contribution in [1.82, 2.24) is 20.5 Å². The number of rotatable bonds is 5. The smallest absolute Gasteiger partial charge is 0.251 e. The third-order valence-electron chi connectivity index (χ3n) is 4.10. The van der Waals surface area contributed by atoms with Gasteiger partial charge >= 0.3 is 0 Å². The van der Waals surface area contributed by atoms with Crippen molar-refractivity contribution >= 4 is 5.91 Å². The van der Waals surface area contributed by atoms with Crippen molar-refractivity contribution in [3.63, 3.8) is 0 Å². The molecule has 1 unspecified atom stereocenters. The number of carbonyl (C=O) groups excluding carboxylic acids is 1. The zero-order valence-electron chi connectivity index (χ0n) is 13.6. The lowest BCUT2D eigenvalue weighted by atomic mass is 10.0. The largest absolute Gasteiger partial charge is 0.381 e. The highest BCUT2D eigenvalue weighted by Crippen LogP contribution is 2.26. The molecule has 1 fully saturated rings. The first-order valence-electron chi connectivity index (χ1n) is 8.08. The lowest BCUT2D eigenvalue weighted by Gasteiger charge is -2.07. The Morgan fingerprint density at radius 1 is 1.48 bits per heavy atom. The van der Waals surface area contributed by atoms with Crippen LogP contribution >= 0.6 is 0 Å². The fraction of sp³-hybridized carbons (Fsp3) is 0.471. The summed E-state index contributed by atoms with van der Waals surface area (Å²) in [7, 11) is 0. The molecule has 0 spiro atoms. The Hall–Kier alpha value is -2.21. The van der Waals surface area contributed by atoms with E-state index in [0.29, 0.717) is 24.5 Å². The normalized spacial score (nSPS) is 17.4. The number of aryl methyl sites for hydroxylation is 1. The Morgan fingerprint density at radius 3 is 3.09 bits per heavy atom. The number of ether oxygens (including phenoxy) is 1. The van der Waals surface area contributed by atoms with Gasteiger partial charge in [0.2, 0.25) is 0 Å². The van der Waals surface area contributed by atoms with Crippen LogP contribution in [0.15, 0.2) is 18.2 Å². The Bertz CT molecular complexity index is 690. The third-order valence-corrected chi connectivity index (χ3v) is 4.10. The van der Waals surface area contributed by atoms with E-state index in [1.165, 1.54) is 0 Å². The number of aromatic nitrogens is 3. The predicted octanol–water partition coefficient (Wildman–Crippen LogP) is 2.42. The molecule has 2 heterocycles. The minimum absolute atomic E-state index is 0.0620. The Kier molecular flexibility index (Phi) is 4.71. The molecule has 2 aromatic rings. The number of nitrogens with one attached hydrogen (secondary N) is 2. The van der Waals surface area contributed by atoms with Gasteiger partial charge in [0, 0.05) is 30.2 Å². The summed E-state index contributed by atoms with van der Waals surface area (Å²) < 4.78 is 5.40. The third kappa shape index (κ3) is 3.42. The van der Waals surface area contributed by atoms with Crippen molar-refractivity contribution in [2.24, 2.45) is 0 Å². The molecule has 6 nitrogen and oxygen atoms in total. The molecule has 1 aliphatic rings. The Labute approximate surface area is 135 Å². The second-order valence-corrected chi connectivity index (χ2v) is 5.89. The molecule has 1 saturated heterocycles. The number of amides is 1. The quantitative estimate of drug-likeness (QED) is 0.888. The van der Waals surface area contributed by atoms with Gasteiger partial charge in [-0.3, -0.25) is 9.89 Å². The van der Waals surface area contributed by atoms with Crippen LogP contribution in [0.1, 0.15) is 47.4 Å². The number of benzene rings is 1. The average Bonchev–Trinajstić information content (AvgIpc) is 3.23. The topological polar surface area (TPSA) is 79.9 Å². The molecule has 1 aromatic heterocycles. The van der Waals surface area contributed by atoms with E-state index in [1.54, 1.807) is 0 Å². The second-order valence-electron chi connectivity index (χ2n) is 5.89. The molecule has 1 amide bonds. The Morgan fingerprint density at radius 2 is 2.35 bits per heavy atom. The van der Waals surface area contributed by atoms with Gasteiger partial charge in [0.25, 0.3) is 5.91 Å². The fourth-order valence-electron chi connectivity index (χ4n) is 2.67. The van der Waals surface area contributed by atoms with Crippen LogP contribution in [0.4, 0.5) is 0 Å². The van der Waals surface area contributed by atoms with Gasteiger partial charge in [-0.25, -0.2) is 4.98 Å². The van der Waals surface area contributed by atoms with Crippen LogP contribution in [-0.4, -0.2) is 40.8 Å². The van der Waals surface area contributed by atoms with E-state index >= 15 is 0 Å². The maximum absolute atomic E-state index is 12.1. The summed E-state index contributed by atoms with van der Waals surface area (Å²) in [5.41, 5.74) is 2.57. The highest BCUT2D eigenvalue weighted by Gasteiger charge is 2.22. The number of hydrogen-bond donors (Lipinski definition) is 2. The summed E-state index contributed by atoms with van der Waals surface area (Å²) in [5.74, 6) is 1.72. The number of nitrogens with zero attached hydrogens (tertiary/aromatic N) is 2. The number of hydrogen-bond acceptors (Lipinski definition) is 4. The lowest BCUT2D eigenvalue weighted by molar-refractivity contribution is 0.0953. The molecule has 1 atom stereocenters. The molecule has 122 valence electrons. The van der Waals surface area contributed by atoms with Crippen molar-refractivity contribution in [2.45, 2.75) is 32.6 Å². The van der Waals surface area contributed by atoms with Crippen molar-refractivity contribution in [2.75, 3.05) is 19.8 Å². The highest BCUT2D eigenvalue weighted by molar-refractivity contribution is 5.95. The van der Waals surface area contributed by atoms with Gasteiger partial charge in [-0.1, -0.05) is 13.0 Å². The molecule has 3 rings (SSSR count). The van der Waals surface area contributed by atoms with Crippen LogP contribution in [0.25, 0.3) is 11.4 Å². The SMILES string of the molecule is CCCNC(=O)c1ccc(C)c(-c2n[nH]c(C3CCOC3)n2)c1. The Balaban J connectivity index is 1.85. The van der Waals surface area contributed by atoms with Gasteiger partial charge in [0.05, 0.1) is 6.61 Å². The van der Waals surface area contributed by atoms with Crippen molar-refractivity contribution in [1.29, 1.82) is 0 Å². The van der Waals surface area contributed by atoms with Crippen LogP contribution < -0.4 is 5.32 Å². The molecule has 0 aliphatic carbocycles. The highest BCUT2D eigenvalue weighted by atomic mass is 16.5. The summed E-state index contributed by atoms with van der Waals surface area (Å²) in [6, 6.07) is 5.63. The fourth-order valence-corrected chi connectivity index (χ4v) is 2.67. The monoisotopic (exact) mass is 314 g/mol. The van der Waals surface area contributed by atoms with Crippen LogP contribution in [0.3, 0.4) is 0 Å². The summed E-state index contributed by atoms with van der Waals surface area (Å²) >= 11 is 0.